The molecule has 0 radical (unpaired) electrons. The minimum Gasteiger partial charge on any atom is -0.497 e. The van der Waals surface area contributed by atoms with E-state index in [0.717, 1.165) is 0 Å². The zero-order valence-electron chi connectivity index (χ0n) is 17.2. The first-order valence-corrected chi connectivity index (χ1v) is 11.4. The smallest absolute Gasteiger partial charge is 0.322 e. The van der Waals surface area contributed by atoms with Crippen LogP contribution in [0.15, 0.2) is 57.8 Å². The molecule has 2 heterocycles. The lowest BCUT2D eigenvalue weighted by Gasteiger charge is -2.30. The largest absolute Gasteiger partial charge is 0.497 e. The molecule has 1 saturated heterocycles. The van der Waals surface area contributed by atoms with Gasteiger partial charge in [0.05, 0.1) is 12.0 Å². The van der Waals surface area contributed by atoms with Gasteiger partial charge in [-0.1, -0.05) is 11.2 Å². The number of ether oxygens (including phenoxy) is 1. The van der Waals surface area contributed by atoms with Crippen molar-refractivity contribution < 1.29 is 26.8 Å². The van der Waals surface area contributed by atoms with E-state index in [1.54, 1.807) is 18.2 Å². The third kappa shape index (κ3) is 4.63. The summed E-state index contributed by atoms with van der Waals surface area (Å²) in [6.07, 6.45) is 0.707. The number of benzene rings is 2. The maximum atomic E-state index is 13.4. The highest BCUT2D eigenvalue weighted by Crippen LogP contribution is 2.26. The number of carbonyl (C=O) groups excluding carboxylic acids is 1. The number of nitrogens with zero attached hydrogens (tertiary/aromatic N) is 3. The first-order chi connectivity index (χ1) is 15.4. The number of rotatable bonds is 6. The van der Waals surface area contributed by atoms with Crippen LogP contribution in [0.3, 0.4) is 0 Å². The summed E-state index contributed by atoms with van der Waals surface area (Å²) in [6, 6.07) is 11.8. The minimum atomic E-state index is -3.65. The molecule has 0 spiro atoms. The Morgan fingerprint density at radius 1 is 1.16 bits per heavy atom. The molecule has 2 aromatic carbocycles. The number of hydrogen-bond acceptors (Lipinski definition) is 7. The molecule has 1 N–H and O–H groups in total. The number of hydrogen-bond donors (Lipinski definition) is 1. The summed E-state index contributed by atoms with van der Waals surface area (Å²) >= 11 is 0. The summed E-state index contributed by atoms with van der Waals surface area (Å²) in [6.45, 7) is 0.426. The maximum absolute atomic E-state index is 13.4. The fraction of sp³-hybridized carbons (Fsp3) is 0.286. The fourth-order valence-corrected chi connectivity index (χ4v) is 4.94. The molecule has 1 aromatic heterocycles. The van der Waals surface area contributed by atoms with Gasteiger partial charge in [0, 0.05) is 24.6 Å². The Labute approximate surface area is 184 Å². The van der Waals surface area contributed by atoms with Crippen LogP contribution in [0.2, 0.25) is 0 Å². The zero-order valence-corrected chi connectivity index (χ0v) is 18.0. The average Bonchev–Trinajstić information content (AvgIpc) is 3.27. The van der Waals surface area contributed by atoms with Gasteiger partial charge in [-0.25, -0.2) is 12.8 Å². The van der Waals surface area contributed by atoms with Crippen LogP contribution in [0.1, 0.15) is 12.8 Å². The Balaban J connectivity index is 1.35. The molecule has 1 fully saturated rings. The van der Waals surface area contributed by atoms with Crippen molar-refractivity contribution >= 4 is 21.9 Å². The van der Waals surface area contributed by atoms with E-state index in [9.17, 15) is 17.6 Å². The summed E-state index contributed by atoms with van der Waals surface area (Å²) in [5.74, 6) is -0.522. The van der Waals surface area contributed by atoms with E-state index in [0.29, 0.717) is 24.2 Å². The zero-order chi connectivity index (χ0) is 22.7. The molecule has 1 amide bonds. The monoisotopic (exact) mass is 460 g/mol. The van der Waals surface area contributed by atoms with E-state index in [1.807, 2.05) is 0 Å². The fourth-order valence-electron chi connectivity index (χ4n) is 3.47. The standard InChI is InChI=1S/C21H21FN4O5S/c1-30-17-5-7-18(8-6-17)32(28,29)26-11-9-14(10-12-26)19(27)23-21-25-24-20(31-21)15-3-2-4-16(22)13-15/h2-8,13-14H,9-12H2,1H3,(H,23,25,27). The van der Waals surface area contributed by atoms with E-state index >= 15 is 0 Å². The highest BCUT2D eigenvalue weighted by atomic mass is 32.2. The Bertz CT molecular complexity index is 1200. The Morgan fingerprint density at radius 3 is 2.53 bits per heavy atom. The highest BCUT2D eigenvalue weighted by Gasteiger charge is 2.32. The predicted molar refractivity (Wildman–Crippen MR) is 113 cm³/mol. The predicted octanol–water partition coefficient (Wildman–Crippen LogP) is 2.92. The van der Waals surface area contributed by atoms with Crippen LogP contribution >= 0.6 is 0 Å². The number of carbonyl (C=O) groups is 1. The number of aromatic nitrogens is 2. The van der Waals surface area contributed by atoms with E-state index < -0.39 is 21.8 Å². The van der Waals surface area contributed by atoms with Gasteiger partial charge in [0.15, 0.2) is 0 Å². The second-order valence-electron chi connectivity index (χ2n) is 7.27. The van der Waals surface area contributed by atoms with Crippen LogP contribution in [0.5, 0.6) is 5.75 Å². The molecule has 0 aliphatic carbocycles. The number of nitrogens with one attached hydrogen (secondary N) is 1. The number of amides is 1. The quantitative estimate of drug-likeness (QED) is 0.601. The van der Waals surface area contributed by atoms with Crippen LogP contribution in [0.25, 0.3) is 11.5 Å². The van der Waals surface area contributed by atoms with Crippen LogP contribution in [-0.4, -0.2) is 49.0 Å². The molecule has 0 bridgehead atoms. The topological polar surface area (TPSA) is 115 Å². The van der Waals surface area contributed by atoms with E-state index in [2.05, 4.69) is 15.5 Å². The third-order valence-corrected chi connectivity index (χ3v) is 7.16. The van der Waals surface area contributed by atoms with E-state index in [-0.39, 0.29) is 35.8 Å². The van der Waals surface area contributed by atoms with Gasteiger partial charge in [-0.3, -0.25) is 10.1 Å². The summed E-state index contributed by atoms with van der Waals surface area (Å²) in [5, 5.41) is 10.2. The SMILES string of the molecule is COc1ccc(S(=O)(=O)N2CCC(C(=O)Nc3nnc(-c4cccc(F)c4)o3)CC2)cc1. The first kappa shape index (κ1) is 21.9. The molecule has 0 unspecified atom stereocenters. The molecule has 1 aliphatic rings. The second kappa shape index (κ2) is 9.05. The molecule has 32 heavy (non-hydrogen) atoms. The summed E-state index contributed by atoms with van der Waals surface area (Å²) in [7, 11) is -2.14. The molecule has 168 valence electrons. The average molecular weight is 460 g/mol. The molecule has 0 atom stereocenters. The second-order valence-corrected chi connectivity index (χ2v) is 9.20. The molecule has 4 rings (SSSR count). The van der Waals surface area contributed by atoms with Gasteiger partial charge in [0.25, 0.3) is 0 Å². The van der Waals surface area contributed by atoms with E-state index in [1.165, 1.54) is 41.7 Å². The van der Waals surface area contributed by atoms with Gasteiger partial charge in [-0.2, -0.15) is 4.31 Å². The number of sulfonamides is 1. The lowest BCUT2D eigenvalue weighted by Crippen LogP contribution is -2.41. The summed E-state index contributed by atoms with van der Waals surface area (Å²) < 4.78 is 50.9. The van der Waals surface area contributed by atoms with Crippen molar-refractivity contribution in [3.05, 3.63) is 54.3 Å². The van der Waals surface area contributed by atoms with Gasteiger partial charge < -0.3 is 9.15 Å². The van der Waals surface area contributed by atoms with Crippen molar-refractivity contribution in [1.82, 2.24) is 14.5 Å². The molecular formula is C21H21FN4O5S. The highest BCUT2D eigenvalue weighted by molar-refractivity contribution is 7.89. The van der Waals surface area contributed by atoms with Crippen LogP contribution in [0.4, 0.5) is 10.4 Å². The van der Waals surface area contributed by atoms with Crippen LogP contribution in [-0.2, 0) is 14.8 Å². The Hall–Kier alpha value is -3.31. The third-order valence-electron chi connectivity index (χ3n) is 5.25. The van der Waals surface area contributed by atoms with Crippen molar-refractivity contribution in [3.63, 3.8) is 0 Å². The Kier molecular flexibility index (Phi) is 6.19. The minimum absolute atomic E-state index is 0.0835. The molecular weight excluding hydrogens is 439 g/mol. The van der Waals surface area contributed by atoms with Gasteiger partial charge in [0.2, 0.25) is 21.8 Å². The number of methoxy groups -OCH3 is 1. The van der Waals surface area contributed by atoms with Crippen molar-refractivity contribution in [3.8, 4) is 17.2 Å². The number of halogens is 1. The van der Waals surface area contributed by atoms with E-state index in [4.69, 9.17) is 9.15 Å². The van der Waals surface area contributed by atoms with Crippen molar-refractivity contribution in [2.75, 3.05) is 25.5 Å². The molecule has 0 saturated carbocycles. The van der Waals surface area contributed by atoms with Crippen LogP contribution in [0, 0.1) is 11.7 Å². The summed E-state index contributed by atoms with van der Waals surface area (Å²) in [5.41, 5.74) is 0.398. The number of anilines is 1. The van der Waals surface area contributed by atoms with Gasteiger partial charge >= 0.3 is 6.01 Å². The summed E-state index contributed by atoms with van der Waals surface area (Å²) in [4.78, 5) is 12.8. The lowest BCUT2D eigenvalue weighted by molar-refractivity contribution is -0.121. The molecule has 3 aromatic rings. The number of piperidine rings is 1. The van der Waals surface area contributed by atoms with Crippen molar-refractivity contribution in [2.45, 2.75) is 17.7 Å². The van der Waals surface area contributed by atoms with Crippen molar-refractivity contribution in [1.29, 1.82) is 0 Å². The normalized spacial score (nSPS) is 15.4. The molecule has 1 aliphatic heterocycles. The molecule has 11 heteroatoms. The maximum Gasteiger partial charge on any atom is 0.322 e. The van der Waals surface area contributed by atoms with Crippen LogP contribution < -0.4 is 10.1 Å². The first-order valence-electron chi connectivity index (χ1n) is 9.91. The van der Waals surface area contributed by atoms with Gasteiger partial charge in [-0.05, 0) is 55.3 Å². The van der Waals surface area contributed by atoms with Gasteiger partial charge in [-0.15, -0.1) is 5.10 Å². The molecule has 9 nitrogen and oxygen atoms in total. The Morgan fingerprint density at radius 2 is 1.88 bits per heavy atom. The van der Waals surface area contributed by atoms with Crippen molar-refractivity contribution in [2.24, 2.45) is 5.92 Å². The van der Waals surface area contributed by atoms with Gasteiger partial charge in [0.1, 0.15) is 11.6 Å². The lowest BCUT2D eigenvalue weighted by atomic mass is 9.97.